The molecule has 0 atom stereocenters. The molecule has 7 heavy (non-hydrogen) atoms. The molecule has 0 fully saturated rings. The quantitative estimate of drug-likeness (QED) is 0.498. The molecule has 0 spiro atoms. The summed E-state index contributed by atoms with van der Waals surface area (Å²) in [5.41, 5.74) is 0. The Balaban J connectivity index is -0.0000000800. The van der Waals surface area contributed by atoms with E-state index in [-0.39, 0.29) is 14.9 Å². The summed E-state index contributed by atoms with van der Waals surface area (Å²) in [5.74, 6) is 0. The number of hydrogen-bond donors (Lipinski definition) is 2. The van der Waals surface area contributed by atoms with Crippen LogP contribution in [-0.2, 0) is 4.74 Å². The topological polar surface area (TPSA) is 49.7 Å². The van der Waals surface area contributed by atoms with Gasteiger partial charge in [-0.3, -0.25) is 0 Å². The van der Waals surface area contributed by atoms with Crippen LogP contribution < -0.4 is 0 Å². The van der Waals surface area contributed by atoms with Gasteiger partial charge >= 0.3 is 0 Å². The SMILES string of the molecule is C.C.OCOCO. The second-order valence-corrected chi connectivity index (χ2v) is 0.462. The molecule has 0 rings (SSSR count). The molecular formula is C4H14O3. The minimum Gasteiger partial charge on any atom is -0.371 e. The standard InChI is InChI=1S/C2H6O3.2CH4/c3-1-5-2-4;;/h3-4H,1-2H2;2*1H4. The summed E-state index contributed by atoms with van der Waals surface area (Å²) >= 11 is 0. The Morgan fingerprint density at radius 2 is 1.29 bits per heavy atom. The Labute approximate surface area is 44.5 Å². The summed E-state index contributed by atoms with van der Waals surface area (Å²) in [6.07, 6.45) is 0. The first kappa shape index (κ1) is 15.8. The van der Waals surface area contributed by atoms with E-state index >= 15 is 0 Å². The predicted octanol–water partition coefficient (Wildman–Crippen LogP) is 0.175. The molecule has 3 heteroatoms. The molecule has 0 radical (unpaired) electrons. The second kappa shape index (κ2) is 16.9. The fourth-order valence-electron chi connectivity index (χ4n) is 0.0408. The Kier molecular flexibility index (Phi) is 38.1. The molecule has 0 aliphatic carbocycles. The van der Waals surface area contributed by atoms with Crippen molar-refractivity contribution in [3.05, 3.63) is 0 Å². The maximum Gasteiger partial charge on any atom is 0.146 e. The van der Waals surface area contributed by atoms with Gasteiger partial charge in [-0.15, -0.1) is 0 Å². The molecule has 0 saturated carbocycles. The fourth-order valence-corrected chi connectivity index (χ4v) is 0.0408. The molecule has 0 bridgehead atoms. The van der Waals surface area contributed by atoms with E-state index in [4.69, 9.17) is 10.2 Å². The van der Waals surface area contributed by atoms with Gasteiger partial charge in [0.1, 0.15) is 13.6 Å². The van der Waals surface area contributed by atoms with Crippen molar-refractivity contribution < 1.29 is 14.9 Å². The molecule has 2 N–H and O–H groups in total. The largest absolute Gasteiger partial charge is 0.371 e. The monoisotopic (exact) mass is 110 g/mol. The highest BCUT2D eigenvalue weighted by atomic mass is 16.6. The van der Waals surface area contributed by atoms with Gasteiger partial charge in [0.25, 0.3) is 0 Å². The number of aliphatic hydroxyl groups excluding tert-OH is 2. The first-order chi connectivity index (χ1) is 2.41. The van der Waals surface area contributed by atoms with Crippen molar-refractivity contribution in [3.63, 3.8) is 0 Å². The van der Waals surface area contributed by atoms with E-state index in [9.17, 15) is 0 Å². The average Bonchev–Trinajstić information content (AvgIpc) is 1.41. The second-order valence-electron chi connectivity index (χ2n) is 0.462. The van der Waals surface area contributed by atoms with E-state index in [1.165, 1.54) is 0 Å². The van der Waals surface area contributed by atoms with E-state index in [1.807, 2.05) is 0 Å². The van der Waals surface area contributed by atoms with Crippen molar-refractivity contribution in [2.24, 2.45) is 0 Å². The summed E-state index contributed by atoms with van der Waals surface area (Å²) in [6, 6.07) is 0. The molecule has 3 nitrogen and oxygen atoms in total. The third-order valence-corrected chi connectivity index (χ3v) is 0.183. The highest BCUT2D eigenvalue weighted by Gasteiger charge is 1.65. The summed E-state index contributed by atoms with van der Waals surface area (Å²) in [6.45, 7) is -0.812. The number of ether oxygens (including phenoxy) is 1. The van der Waals surface area contributed by atoms with Crippen LogP contribution in [0.5, 0.6) is 0 Å². The number of aliphatic hydroxyl groups is 2. The maximum absolute atomic E-state index is 7.68. The van der Waals surface area contributed by atoms with E-state index < -0.39 is 13.6 Å². The molecule has 0 amide bonds. The Bertz CT molecular complexity index is 14.4. The van der Waals surface area contributed by atoms with E-state index in [1.54, 1.807) is 0 Å². The van der Waals surface area contributed by atoms with E-state index in [0.717, 1.165) is 0 Å². The highest BCUT2D eigenvalue weighted by molar-refractivity contribution is 3.82. The molecule has 0 aromatic rings. The smallest absolute Gasteiger partial charge is 0.146 e. The highest BCUT2D eigenvalue weighted by Crippen LogP contribution is 1.56. The van der Waals surface area contributed by atoms with Crippen molar-refractivity contribution in [1.29, 1.82) is 0 Å². The molecule has 0 aliphatic heterocycles. The van der Waals surface area contributed by atoms with Crippen LogP contribution in [0.25, 0.3) is 0 Å². The first-order valence-electron chi connectivity index (χ1n) is 1.21. The van der Waals surface area contributed by atoms with Crippen LogP contribution in [0, 0.1) is 0 Å². The molecular weight excluding hydrogens is 96.0 g/mol. The van der Waals surface area contributed by atoms with Crippen LogP contribution in [0.1, 0.15) is 14.9 Å². The van der Waals surface area contributed by atoms with Gasteiger partial charge in [-0.05, 0) is 0 Å². The maximum atomic E-state index is 7.68. The molecule has 0 aliphatic rings. The van der Waals surface area contributed by atoms with Crippen molar-refractivity contribution in [3.8, 4) is 0 Å². The van der Waals surface area contributed by atoms with Crippen LogP contribution in [-0.4, -0.2) is 23.8 Å². The first-order valence-corrected chi connectivity index (χ1v) is 1.21. The zero-order valence-electron chi connectivity index (χ0n) is 2.72. The van der Waals surface area contributed by atoms with Crippen LogP contribution in [0.4, 0.5) is 0 Å². The minimum atomic E-state index is -0.406. The third-order valence-electron chi connectivity index (χ3n) is 0.183. The zero-order valence-corrected chi connectivity index (χ0v) is 2.72. The lowest BCUT2D eigenvalue weighted by Gasteiger charge is -1.85. The molecule has 48 valence electrons. The molecule has 0 heterocycles. The van der Waals surface area contributed by atoms with Crippen molar-refractivity contribution in [2.45, 2.75) is 14.9 Å². The van der Waals surface area contributed by atoms with E-state index in [0.29, 0.717) is 0 Å². The van der Waals surface area contributed by atoms with Crippen LogP contribution in [0.15, 0.2) is 0 Å². The number of hydrogen-bond acceptors (Lipinski definition) is 3. The predicted molar refractivity (Wildman–Crippen MR) is 28.7 cm³/mol. The van der Waals surface area contributed by atoms with E-state index in [2.05, 4.69) is 4.74 Å². The number of rotatable bonds is 2. The van der Waals surface area contributed by atoms with Gasteiger partial charge in [0, 0.05) is 0 Å². The Hall–Kier alpha value is -0.120. The molecule has 0 unspecified atom stereocenters. The molecule has 0 aromatic heterocycles. The van der Waals surface area contributed by atoms with Crippen molar-refractivity contribution >= 4 is 0 Å². The van der Waals surface area contributed by atoms with Gasteiger partial charge in [-0.1, -0.05) is 14.9 Å². The Morgan fingerprint density at radius 1 is 1.00 bits per heavy atom. The fraction of sp³-hybridized carbons (Fsp3) is 1.00. The van der Waals surface area contributed by atoms with Crippen LogP contribution in [0.3, 0.4) is 0 Å². The molecule has 0 saturated heterocycles. The summed E-state index contributed by atoms with van der Waals surface area (Å²) < 4.78 is 3.94. The zero-order chi connectivity index (χ0) is 4.12. The third kappa shape index (κ3) is 25.0. The van der Waals surface area contributed by atoms with Gasteiger partial charge < -0.3 is 14.9 Å². The van der Waals surface area contributed by atoms with Gasteiger partial charge in [0.05, 0.1) is 0 Å². The van der Waals surface area contributed by atoms with Gasteiger partial charge in [0.15, 0.2) is 0 Å². The van der Waals surface area contributed by atoms with Gasteiger partial charge in [-0.2, -0.15) is 0 Å². The van der Waals surface area contributed by atoms with Gasteiger partial charge in [-0.25, -0.2) is 0 Å². The summed E-state index contributed by atoms with van der Waals surface area (Å²) in [7, 11) is 0. The van der Waals surface area contributed by atoms with Crippen molar-refractivity contribution in [2.75, 3.05) is 13.6 Å². The van der Waals surface area contributed by atoms with Crippen LogP contribution >= 0.6 is 0 Å². The average molecular weight is 110 g/mol. The van der Waals surface area contributed by atoms with Crippen LogP contribution in [0.2, 0.25) is 0 Å². The van der Waals surface area contributed by atoms with Gasteiger partial charge in [0.2, 0.25) is 0 Å². The van der Waals surface area contributed by atoms with Crippen molar-refractivity contribution in [1.82, 2.24) is 0 Å². The molecule has 0 aromatic carbocycles. The summed E-state index contributed by atoms with van der Waals surface area (Å²) in [4.78, 5) is 0. The Morgan fingerprint density at radius 3 is 1.29 bits per heavy atom. The lowest BCUT2D eigenvalue weighted by atomic mass is 11.4. The lowest BCUT2D eigenvalue weighted by molar-refractivity contribution is -0.0763. The lowest BCUT2D eigenvalue weighted by Crippen LogP contribution is -1.91. The summed E-state index contributed by atoms with van der Waals surface area (Å²) in [5, 5.41) is 15.4. The normalized spacial score (nSPS) is 6.00. The minimum absolute atomic E-state index is 0.